The molecule has 1 unspecified atom stereocenters. The molecule has 0 spiro atoms. The second kappa shape index (κ2) is 10.6. The van der Waals surface area contributed by atoms with Crippen LogP contribution in [0.2, 0.25) is 0 Å². The number of nitrogens with zero attached hydrogens (tertiary/aromatic N) is 2. The molecular formula is C20H34ClN3O3S. The van der Waals surface area contributed by atoms with E-state index in [1.165, 1.54) is 6.07 Å². The lowest BCUT2D eigenvalue weighted by atomic mass is 10.0. The minimum Gasteiger partial charge on any atom is -0.342 e. The summed E-state index contributed by atoms with van der Waals surface area (Å²) in [7, 11) is -1.84. The summed E-state index contributed by atoms with van der Waals surface area (Å²) in [6.07, 6.45) is 3.54. The van der Waals surface area contributed by atoms with Gasteiger partial charge in [-0.05, 0) is 49.8 Å². The van der Waals surface area contributed by atoms with E-state index in [0.717, 1.165) is 19.3 Å². The van der Waals surface area contributed by atoms with Crippen LogP contribution in [0.15, 0.2) is 23.1 Å². The van der Waals surface area contributed by atoms with Gasteiger partial charge in [0.05, 0.1) is 4.90 Å². The van der Waals surface area contributed by atoms with Gasteiger partial charge >= 0.3 is 0 Å². The van der Waals surface area contributed by atoms with Crippen LogP contribution >= 0.6 is 12.4 Å². The van der Waals surface area contributed by atoms with Gasteiger partial charge in [0.1, 0.15) is 0 Å². The van der Waals surface area contributed by atoms with E-state index in [1.54, 1.807) is 35.3 Å². The Bertz CT molecular complexity index is 762. The number of rotatable bonds is 7. The highest BCUT2D eigenvalue weighted by Gasteiger charge is 2.28. The molecule has 1 aromatic rings. The summed E-state index contributed by atoms with van der Waals surface area (Å²) < 4.78 is 27.6. The first-order chi connectivity index (χ1) is 12.6. The molecule has 160 valence electrons. The van der Waals surface area contributed by atoms with Crippen LogP contribution in [0.25, 0.3) is 0 Å². The van der Waals surface area contributed by atoms with Crippen LogP contribution in [0.4, 0.5) is 0 Å². The van der Waals surface area contributed by atoms with Crippen molar-refractivity contribution >= 4 is 28.3 Å². The van der Waals surface area contributed by atoms with Crippen molar-refractivity contribution in [2.45, 2.75) is 57.4 Å². The fraction of sp³-hybridized carbons (Fsp3) is 0.650. The Hall–Kier alpha value is -1.15. The second-order valence-corrected chi connectivity index (χ2v) is 9.77. The SMILES string of the molecule is Cc1ccc(C(=O)N(C)CCC(N)C(C)C)cc1S(=O)(=O)N1CCCCC1.Cl. The molecule has 1 heterocycles. The quantitative estimate of drug-likeness (QED) is 0.719. The highest BCUT2D eigenvalue weighted by atomic mass is 35.5. The minimum atomic E-state index is -3.57. The first kappa shape index (κ1) is 24.9. The average Bonchev–Trinajstić information content (AvgIpc) is 2.66. The Morgan fingerprint density at radius 3 is 2.39 bits per heavy atom. The number of piperidine rings is 1. The number of hydrogen-bond donors (Lipinski definition) is 1. The summed E-state index contributed by atoms with van der Waals surface area (Å²) in [6, 6.07) is 4.98. The zero-order chi connectivity index (χ0) is 20.2. The average molecular weight is 432 g/mol. The predicted octanol–water partition coefficient (Wildman–Crippen LogP) is 3.04. The molecule has 1 aromatic carbocycles. The summed E-state index contributed by atoms with van der Waals surface area (Å²) in [5, 5.41) is 0. The maximum Gasteiger partial charge on any atom is 0.253 e. The highest BCUT2D eigenvalue weighted by Crippen LogP contribution is 2.25. The lowest BCUT2D eigenvalue weighted by molar-refractivity contribution is 0.0789. The van der Waals surface area contributed by atoms with Crippen molar-refractivity contribution in [2.24, 2.45) is 11.7 Å². The molecule has 1 aliphatic heterocycles. The lowest BCUT2D eigenvalue weighted by Crippen LogP contribution is -2.36. The molecule has 6 nitrogen and oxygen atoms in total. The summed E-state index contributed by atoms with van der Waals surface area (Å²) in [4.78, 5) is 14.6. The van der Waals surface area contributed by atoms with Crippen LogP contribution < -0.4 is 5.73 Å². The molecule has 8 heteroatoms. The van der Waals surface area contributed by atoms with Gasteiger partial charge in [-0.25, -0.2) is 8.42 Å². The Kier molecular flexibility index (Phi) is 9.40. The lowest BCUT2D eigenvalue weighted by Gasteiger charge is -2.27. The highest BCUT2D eigenvalue weighted by molar-refractivity contribution is 7.89. The van der Waals surface area contributed by atoms with Crippen molar-refractivity contribution in [2.75, 3.05) is 26.7 Å². The zero-order valence-corrected chi connectivity index (χ0v) is 19.0. The molecule has 0 saturated carbocycles. The molecule has 0 aliphatic carbocycles. The molecule has 0 bridgehead atoms. The molecule has 28 heavy (non-hydrogen) atoms. The molecule has 1 aliphatic rings. The van der Waals surface area contributed by atoms with Crippen LogP contribution in [0.3, 0.4) is 0 Å². The third kappa shape index (κ3) is 5.92. The number of nitrogens with two attached hydrogens (primary N) is 1. The van der Waals surface area contributed by atoms with Gasteiger partial charge in [0, 0.05) is 38.3 Å². The van der Waals surface area contributed by atoms with Crippen LogP contribution in [0.1, 0.15) is 55.5 Å². The third-order valence-corrected chi connectivity index (χ3v) is 7.41. The van der Waals surface area contributed by atoms with Gasteiger partial charge in [-0.15, -0.1) is 12.4 Å². The molecular weight excluding hydrogens is 398 g/mol. The van der Waals surface area contributed by atoms with E-state index in [-0.39, 0.29) is 29.3 Å². The predicted molar refractivity (Wildman–Crippen MR) is 115 cm³/mol. The Labute approximate surface area is 175 Å². The van der Waals surface area contributed by atoms with E-state index in [0.29, 0.717) is 43.1 Å². The topological polar surface area (TPSA) is 83.7 Å². The molecule has 1 fully saturated rings. The van der Waals surface area contributed by atoms with Crippen molar-refractivity contribution in [1.82, 2.24) is 9.21 Å². The van der Waals surface area contributed by atoms with E-state index in [4.69, 9.17) is 5.73 Å². The van der Waals surface area contributed by atoms with Crippen molar-refractivity contribution in [1.29, 1.82) is 0 Å². The molecule has 0 aromatic heterocycles. The van der Waals surface area contributed by atoms with Gasteiger partial charge in [-0.1, -0.05) is 26.3 Å². The Morgan fingerprint density at radius 1 is 1.21 bits per heavy atom. The zero-order valence-electron chi connectivity index (χ0n) is 17.3. The maximum absolute atomic E-state index is 13.0. The number of amides is 1. The number of halogens is 1. The minimum absolute atomic E-state index is 0. The van der Waals surface area contributed by atoms with E-state index in [2.05, 4.69) is 13.8 Å². The molecule has 1 saturated heterocycles. The largest absolute Gasteiger partial charge is 0.342 e. The molecule has 0 radical (unpaired) electrons. The van der Waals surface area contributed by atoms with Crippen LogP contribution in [0.5, 0.6) is 0 Å². The molecule has 1 amide bonds. The van der Waals surface area contributed by atoms with Gasteiger partial charge < -0.3 is 10.6 Å². The fourth-order valence-corrected chi connectivity index (χ4v) is 5.02. The normalized spacial score (nSPS) is 16.5. The first-order valence-electron chi connectivity index (χ1n) is 9.76. The number of carbonyl (C=O) groups excluding carboxylic acids is 1. The first-order valence-corrected chi connectivity index (χ1v) is 11.2. The number of hydrogen-bond acceptors (Lipinski definition) is 4. The van der Waals surface area contributed by atoms with E-state index >= 15 is 0 Å². The number of benzene rings is 1. The Morgan fingerprint density at radius 2 is 1.82 bits per heavy atom. The van der Waals surface area contributed by atoms with Crippen LogP contribution in [-0.2, 0) is 10.0 Å². The van der Waals surface area contributed by atoms with Crippen molar-refractivity contribution in [3.8, 4) is 0 Å². The summed E-state index contributed by atoms with van der Waals surface area (Å²) >= 11 is 0. The monoisotopic (exact) mass is 431 g/mol. The Balaban J connectivity index is 0.00000392. The van der Waals surface area contributed by atoms with Crippen molar-refractivity contribution < 1.29 is 13.2 Å². The standard InChI is InChI=1S/C20H33N3O3S.ClH/c1-15(2)18(21)10-13-22(4)20(24)17-9-8-16(3)19(14-17)27(25,26)23-11-6-5-7-12-23;/h8-9,14-15,18H,5-7,10-13,21H2,1-4H3;1H. The summed E-state index contributed by atoms with van der Waals surface area (Å²) in [5.74, 6) is 0.176. The van der Waals surface area contributed by atoms with Gasteiger partial charge in [0.2, 0.25) is 10.0 Å². The number of sulfonamides is 1. The molecule has 2 rings (SSSR count). The third-order valence-electron chi connectivity index (χ3n) is 5.37. The second-order valence-electron chi connectivity index (χ2n) is 7.87. The van der Waals surface area contributed by atoms with Gasteiger partial charge in [-0.2, -0.15) is 4.31 Å². The van der Waals surface area contributed by atoms with Crippen molar-refractivity contribution in [3.63, 3.8) is 0 Å². The van der Waals surface area contributed by atoms with E-state index in [1.807, 2.05) is 0 Å². The van der Waals surface area contributed by atoms with Crippen LogP contribution in [-0.4, -0.2) is 56.3 Å². The maximum atomic E-state index is 13.0. The van der Waals surface area contributed by atoms with Crippen molar-refractivity contribution in [3.05, 3.63) is 29.3 Å². The fourth-order valence-electron chi connectivity index (χ4n) is 3.25. The smallest absolute Gasteiger partial charge is 0.253 e. The molecule has 1 atom stereocenters. The number of carbonyl (C=O) groups is 1. The van der Waals surface area contributed by atoms with Gasteiger partial charge in [0.15, 0.2) is 0 Å². The van der Waals surface area contributed by atoms with Gasteiger partial charge in [0.25, 0.3) is 5.91 Å². The number of aryl methyl sites for hydroxylation is 1. The molecule has 2 N–H and O–H groups in total. The van der Waals surface area contributed by atoms with E-state index < -0.39 is 10.0 Å². The van der Waals surface area contributed by atoms with E-state index in [9.17, 15) is 13.2 Å². The summed E-state index contributed by atoms with van der Waals surface area (Å²) in [6.45, 7) is 7.53. The van der Waals surface area contributed by atoms with Gasteiger partial charge in [-0.3, -0.25) is 4.79 Å². The van der Waals surface area contributed by atoms with Crippen LogP contribution in [0, 0.1) is 12.8 Å². The summed E-state index contributed by atoms with van der Waals surface area (Å²) in [5.41, 5.74) is 7.13.